The van der Waals surface area contributed by atoms with Crippen molar-refractivity contribution in [3.63, 3.8) is 0 Å². The monoisotopic (exact) mass is 185 g/mol. The molecule has 0 aliphatic rings. The molecule has 0 radical (unpaired) electrons. The van der Waals surface area contributed by atoms with E-state index in [-0.39, 0.29) is 0 Å². The van der Waals surface area contributed by atoms with Crippen LogP contribution in [0.15, 0.2) is 24.0 Å². The molecule has 12 heavy (non-hydrogen) atoms. The first-order valence-corrected chi connectivity index (χ1v) is 4.08. The Bertz CT molecular complexity index is 267. The number of halogens is 1. The zero-order valence-corrected chi connectivity index (χ0v) is 7.80. The zero-order valence-electron chi connectivity index (χ0n) is 7.05. The third-order valence-electron chi connectivity index (χ3n) is 1.52. The molecule has 1 aromatic heterocycles. The van der Waals surface area contributed by atoms with E-state index in [1.807, 2.05) is 17.8 Å². The van der Waals surface area contributed by atoms with E-state index in [9.17, 15) is 0 Å². The molecule has 1 aromatic rings. The van der Waals surface area contributed by atoms with E-state index < -0.39 is 0 Å². The summed E-state index contributed by atoms with van der Waals surface area (Å²) >= 11 is 5.57. The highest BCUT2D eigenvalue weighted by atomic mass is 35.5. The van der Waals surface area contributed by atoms with Gasteiger partial charge in [0.1, 0.15) is 5.82 Å². The molecule has 0 aromatic carbocycles. The van der Waals surface area contributed by atoms with E-state index in [0.717, 1.165) is 12.4 Å². The van der Waals surface area contributed by atoms with Gasteiger partial charge in [-0.15, -0.1) is 0 Å². The molecule has 0 saturated carbocycles. The molecule has 66 valence electrons. The van der Waals surface area contributed by atoms with E-state index in [1.165, 1.54) is 0 Å². The number of nitrogens with zero attached hydrogens (tertiary/aromatic N) is 2. The molecule has 1 heterocycles. The summed E-state index contributed by atoms with van der Waals surface area (Å²) in [5.74, 6) is 0.993. The van der Waals surface area contributed by atoms with Crippen LogP contribution in [0.5, 0.6) is 0 Å². The Balaban J connectivity index is 2.33. The summed E-state index contributed by atoms with van der Waals surface area (Å²) < 4.78 is 1.96. The number of hydrogen-bond donors (Lipinski definition) is 1. The SMILES string of the molecule is C=C(Cl)CNCc1nccn1C. The predicted molar refractivity (Wildman–Crippen MR) is 49.9 cm³/mol. The van der Waals surface area contributed by atoms with Gasteiger partial charge in [-0.05, 0) is 0 Å². The van der Waals surface area contributed by atoms with Crippen LogP contribution in [0.25, 0.3) is 0 Å². The summed E-state index contributed by atoms with van der Waals surface area (Å²) in [5, 5.41) is 3.73. The van der Waals surface area contributed by atoms with Crippen LogP contribution in [0.1, 0.15) is 5.82 Å². The number of aromatic nitrogens is 2. The van der Waals surface area contributed by atoms with Gasteiger partial charge in [0.2, 0.25) is 0 Å². The molecule has 0 bridgehead atoms. The second kappa shape index (κ2) is 4.28. The molecule has 0 unspecified atom stereocenters. The van der Waals surface area contributed by atoms with Crippen LogP contribution in [0, 0.1) is 0 Å². The second-order valence-electron chi connectivity index (χ2n) is 2.58. The maximum absolute atomic E-state index is 5.57. The van der Waals surface area contributed by atoms with Gasteiger partial charge in [0, 0.05) is 31.0 Å². The summed E-state index contributed by atoms with van der Waals surface area (Å²) in [5.41, 5.74) is 0. The molecule has 0 amide bonds. The largest absolute Gasteiger partial charge is 0.337 e. The Morgan fingerprint density at radius 2 is 2.58 bits per heavy atom. The number of rotatable bonds is 4. The van der Waals surface area contributed by atoms with E-state index in [4.69, 9.17) is 11.6 Å². The zero-order chi connectivity index (χ0) is 8.97. The van der Waals surface area contributed by atoms with Crippen molar-refractivity contribution in [1.29, 1.82) is 0 Å². The lowest BCUT2D eigenvalue weighted by Gasteiger charge is -2.02. The summed E-state index contributed by atoms with van der Waals surface area (Å²) in [6.07, 6.45) is 3.68. The number of aryl methyl sites for hydroxylation is 1. The smallest absolute Gasteiger partial charge is 0.122 e. The fraction of sp³-hybridized carbons (Fsp3) is 0.375. The molecule has 1 N–H and O–H groups in total. The van der Waals surface area contributed by atoms with E-state index in [1.54, 1.807) is 6.20 Å². The molecule has 0 spiro atoms. The molecule has 0 fully saturated rings. The van der Waals surface area contributed by atoms with Gasteiger partial charge in [-0.3, -0.25) is 0 Å². The summed E-state index contributed by atoms with van der Waals surface area (Å²) in [6.45, 7) is 4.91. The lowest BCUT2D eigenvalue weighted by atomic mass is 10.5. The third-order valence-corrected chi connectivity index (χ3v) is 1.65. The van der Waals surface area contributed by atoms with Gasteiger partial charge in [-0.2, -0.15) is 0 Å². The van der Waals surface area contributed by atoms with Crippen molar-refractivity contribution in [1.82, 2.24) is 14.9 Å². The fourth-order valence-corrected chi connectivity index (χ4v) is 0.971. The Labute approximate surface area is 77.1 Å². The van der Waals surface area contributed by atoms with Crippen LogP contribution < -0.4 is 5.32 Å². The van der Waals surface area contributed by atoms with Gasteiger partial charge in [-0.1, -0.05) is 18.2 Å². The minimum Gasteiger partial charge on any atom is -0.337 e. The highest BCUT2D eigenvalue weighted by Gasteiger charge is 1.97. The molecule has 1 rings (SSSR count). The maximum atomic E-state index is 5.57. The summed E-state index contributed by atoms with van der Waals surface area (Å²) in [6, 6.07) is 0. The highest BCUT2D eigenvalue weighted by molar-refractivity contribution is 6.29. The van der Waals surface area contributed by atoms with Crippen molar-refractivity contribution in [2.45, 2.75) is 6.54 Å². The van der Waals surface area contributed by atoms with E-state index >= 15 is 0 Å². The normalized spacial score (nSPS) is 10.2. The molecular weight excluding hydrogens is 174 g/mol. The van der Waals surface area contributed by atoms with Crippen molar-refractivity contribution in [3.05, 3.63) is 29.8 Å². The number of hydrogen-bond acceptors (Lipinski definition) is 2. The average molecular weight is 186 g/mol. The highest BCUT2D eigenvalue weighted by Crippen LogP contribution is 1.96. The van der Waals surface area contributed by atoms with Gasteiger partial charge < -0.3 is 9.88 Å². The van der Waals surface area contributed by atoms with Crippen LogP contribution in [0.4, 0.5) is 0 Å². The van der Waals surface area contributed by atoms with Gasteiger partial charge in [0.05, 0.1) is 6.54 Å². The summed E-state index contributed by atoms with van der Waals surface area (Å²) in [7, 11) is 1.96. The number of nitrogens with one attached hydrogen (secondary N) is 1. The van der Waals surface area contributed by atoms with Crippen LogP contribution in [-0.4, -0.2) is 16.1 Å². The molecule has 3 nitrogen and oxygen atoms in total. The molecule has 0 aliphatic carbocycles. The predicted octanol–water partition coefficient (Wildman–Crippen LogP) is 1.26. The minimum atomic E-state index is 0.615. The van der Waals surface area contributed by atoms with Crippen LogP contribution in [0.3, 0.4) is 0 Å². The average Bonchev–Trinajstić information content (AvgIpc) is 2.36. The Morgan fingerprint density at radius 3 is 3.08 bits per heavy atom. The standard InChI is InChI=1S/C8H12ClN3/c1-7(9)5-10-6-8-11-3-4-12(8)2/h3-4,10H,1,5-6H2,2H3. The van der Waals surface area contributed by atoms with Crippen LogP contribution >= 0.6 is 11.6 Å². The number of imidazole rings is 1. The van der Waals surface area contributed by atoms with Gasteiger partial charge in [0.15, 0.2) is 0 Å². The maximum Gasteiger partial charge on any atom is 0.122 e. The van der Waals surface area contributed by atoms with Crippen LogP contribution in [0.2, 0.25) is 0 Å². The molecule has 0 aliphatic heterocycles. The van der Waals surface area contributed by atoms with Gasteiger partial charge in [-0.25, -0.2) is 4.98 Å². The summed E-state index contributed by atoms with van der Waals surface area (Å²) in [4.78, 5) is 4.14. The molecular formula is C8H12ClN3. The van der Waals surface area contributed by atoms with Crippen molar-refractivity contribution < 1.29 is 0 Å². The topological polar surface area (TPSA) is 29.9 Å². The quantitative estimate of drug-likeness (QED) is 0.766. The van der Waals surface area contributed by atoms with E-state index in [0.29, 0.717) is 11.6 Å². The lowest BCUT2D eigenvalue weighted by molar-refractivity contribution is 0.677. The third kappa shape index (κ3) is 2.68. The first-order chi connectivity index (χ1) is 5.70. The molecule has 4 heteroatoms. The Kier molecular flexibility index (Phi) is 3.31. The van der Waals surface area contributed by atoms with Gasteiger partial charge >= 0.3 is 0 Å². The van der Waals surface area contributed by atoms with Crippen molar-refractivity contribution in [3.8, 4) is 0 Å². The fourth-order valence-electron chi connectivity index (χ4n) is 0.877. The van der Waals surface area contributed by atoms with Gasteiger partial charge in [0.25, 0.3) is 0 Å². The minimum absolute atomic E-state index is 0.615. The first-order valence-electron chi connectivity index (χ1n) is 3.70. The Morgan fingerprint density at radius 1 is 1.83 bits per heavy atom. The lowest BCUT2D eigenvalue weighted by Crippen LogP contribution is -2.17. The second-order valence-corrected chi connectivity index (χ2v) is 3.11. The van der Waals surface area contributed by atoms with Crippen molar-refractivity contribution in [2.24, 2.45) is 7.05 Å². The molecule has 0 atom stereocenters. The first kappa shape index (κ1) is 9.29. The van der Waals surface area contributed by atoms with Crippen molar-refractivity contribution >= 4 is 11.6 Å². The van der Waals surface area contributed by atoms with E-state index in [2.05, 4.69) is 16.9 Å². The molecule has 0 saturated heterocycles. The Hall–Kier alpha value is -0.800. The van der Waals surface area contributed by atoms with Crippen molar-refractivity contribution in [2.75, 3.05) is 6.54 Å². The van der Waals surface area contributed by atoms with Crippen LogP contribution in [-0.2, 0) is 13.6 Å².